The summed E-state index contributed by atoms with van der Waals surface area (Å²) < 4.78 is 4.95. The fraction of sp³-hybridized carbons (Fsp3) is 0.417. The molecule has 0 amide bonds. The van der Waals surface area contributed by atoms with Crippen LogP contribution in [0.2, 0.25) is 0 Å². The number of rotatable bonds is 6. The summed E-state index contributed by atoms with van der Waals surface area (Å²) in [6.45, 7) is 0. The van der Waals surface area contributed by atoms with E-state index in [0.29, 0.717) is 12.4 Å². The molecule has 1 aromatic carbocycles. The average Bonchev–Trinajstić information content (AvgIpc) is 2.28. The Morgan fingerprint density at radius 3 is 2.73 bits per heavy atom. The monoisotopic (exact) mass is 224 g/mol. The van der Waals surface area contributed by atoms with Gasteiger partial charge in [0.25, 0.3) is 0 Å². The third-order valence-electron chi connectivity index (χ3n) is 2.03. The molecule has 3 heteroatoms. The third-order valence-corrected chi connectivity index (χ3v) is 2.38. The van der Waals surface area contributed by atoms with Crippen LogP contribution in [0.25, 0.3) is 0 Å². The standard InChI is InChI=1S/C12H16O2S/c1-15-10-14-12(13)9-5-8-11-6-3-2-4-7-11/h2-4,6-7H,5,8-10H2,1H3. The molecule has 0 saturated heterocycles. The first kappa shape index (κ1) is 12.1. The maximum absolute atomic E-state index is 11.2. The van der Waals surface area contributed by atoms with E-state index in [0.717, 1.165) is 12.8 Å². The molecule has 2 nitrogen and oxygen atoms in total. The molecular weight excluding hydrogens is 208 g/mol. The zero-order valence-electron chi connectivity index (χ0n) is 8.94. The van der Waals surface area contributed by atoms with Gasteiger partial charge < -0.3 is 4.74 Å². The molecule has 0 radical (unpaired) electrons. The molecule has 0 fully saturated rings. The van der Waals surface area contributed by atoms with Gasteiger partial charge in [0, 0.05) is 6.42 Å². The molecule has 1 aromatic rings. The predicted molar refractivity (Wildman–Crippen MR) is 63.9 cm³/mol. The summed E-state index contributed by atoms with van der Waals surface area (Å²) >= 11 is 1.52. The van der Waals surface area contributed by atoms with Gasteiger partial charge in [-0.3, -0.25) is 4.79 Å². The second-order valence-corrected chi connectivity index (χ2v) is 4.08. The van der Waals surface area contributed by atoms with Crippen LogP contribution in [0.5, 0.6) is 0 Å². The quantitative estimate of drug-likeness (QED) is 0.549. The van der Waals surface area contributed by atoms with Crippen molar-refractivity contribution >= 4 is 17.7 Å². The van der Waals surface area contributed by atoms with Crippen LogP contribution in [-0.2, 0) is 16.0 Å². The van der Waals surface area contributed by atoms with Crippen molar-refractivity contribution in [2.45, 2.75) is 19.3 Å². The Hall–Kier alpha value is -0.960. The van der Waals surface area contributed by atoms with E-state index >= 15 is 0 Å². The Balaban J connectivity index is 2.14. The Morgan fingerprint density at radius 1 is 1.33 bits per heavy atom. The summed E-state index contributed by atoms with van der Waals surface area (Å²) in [6.07, 6.45) is 4.22. The van der Waals surface area contributed by atoms with Crippen LogP contribution < -0.4 is 0 Å². The van der Waals surface area contributed by atoms with E-state index < -0.39 is 0 Å². The normalized spacial score (nSPS) is 9.93. The maximum Gasteiger partial charge on any atom is 0.306 e. The lowest BCUT2D eigenvalue weighted by Crippen LogP contribution is -2.03. The van der Waals surface area contributed by atoms with Crippen LogP contribution in [0.1, 0.15) is 18.4 Å². The minimum Gasteiger partial charge on any atom is -0.455 e. The van der Waals surface area contributed by atoms with E-state index in [4.69, 9.17) is 4.74 Å². The molecule has 0 aliphatic rings. The van der Waals surface area contributed by atoms with Crippen molar-refractivity contribution in [3.05, 3.63) is 35.9 Å². The maximum atomic E-state index is 11.2. The number of aryl methyl sites for hydroxylation is 1. The van der Waals surface area contributed by atoms with Gasteiger partial charge in [0.05, 0.1) is 0 Å². The van der Waals surface area contributed by atoms with Crippen LogP contribution in [-0.4, -0.2) is 18.2 Å². The molecule has 15 heavy (non-hydrogen) atoms. The van der Waals surface area contributed by atoms with Gasteiger partial charge >= 0.3 is 5.97 Å². The molecule has 0 atom stereocenters. The van der Waals surface area contributed by atoms with Gasteiger partial charge in [-0.2, -0.15) is 0 Å². The molecule has 82 valence electrons. The number of carbonyl (C=O) groups is 1. The Bertz CT molecular complexity index is 285. The highest BCUT2D eigenvalue weighted by molar-refractivity contribution is 7.98. The van der Waals surface area contributed by atoms with Gasteiger partial charge in [0.1, 0.15) is 5.94 Å². The Labute approximate surface area is 95.0 Å². The fourth-order valence-corrected chi connectivity index (χ4v) is 1.53. The van der Waals surface area contributed by atoms with Crippen molar-refractivity contribution in [1.29, 1.82) is 0 Å². The number of thioether (sulfide) groups is 1. The second-order valence-electron chi connectivity index (χ2n) is 3.26. The molecular formula is C12H16O2S. The van der Waals surface area contributed by atoms with E-state index in [2.05, 4.69) is 12.1 Å². The van der Waals surface area contributed by atoms with Gasteiger partial charge in [-0.25, -0.2) is 0 Å². The van der Waals surface area contributed by atoms with E-state index in [1.54, 1.807) is 0 Å². The summed E-state index contributed by atoms with van der Waals surface area (Å²) in [4.78, 5) is 11.2. The lowest BCUT2D eigenvalue weighted by molar-refractivity contribution is -0.141. The summed E-state index contributed by atoms with van der Waals surface area (Å²) in [6, 6.07) is 10.2. The van der Waals surface area contributed by atoms with E-state index in [1.807, 2.05) is 24.5 Å². The smallest absolute Gasteiger partial charge is 0.306 e. The zero-order valence-corrected chi connectivity index (χ0v) is 9.76. The number of hydrogen-bond donors (Lipinski definition) is 0. The fourth-order valence-electron chi connectivity index (χ4n) is 1.28. The molecule has 0 spiro atoms. The van der Waals surface area contributed by atoms with Crippen molar-refractivity contribution in [2.24, 2.45) is 0 Å². The van der Waals surface area contributed by atoms with Gasteiger partial charge in [-0.15, -0.1) is 11.8 Å². The van der Waals surface area contributed by atoms with E-state index in [1.165, 1.54) is 17.3 Å². The average molecular weight is 224 g/mol. The topological polar surface area (TPSA) is 26.3 Å². The first-order valence-corrected chi connectivity index (χ1v) is 6.41. The first-order valence-electron chi connectivity index (χ1n) is 5.01. The summed E-state index contributed by atoms with van der Waals surface area (Å²) in [7, 11) is 0. The molecule has 0 unspecified atom stereocenters. The van der Waals surface area contributed by atoms with Gasteiger partial charge in [-0.1, -0.05) is 30.3 Å². The largest absolute Gasteiger partial charge is 0.455 e. The minimum absolute atomic E-state index is 0.0970. The van der Waals surface area contributed by atoms with Crippen LogP contribution in [0.4, 0.5) is 0 Å². The van der Waals surface area contributed by atoms with Gasteiger partial charge in [0.2, 0.25) is 0 Å². The molecule has 0 aromatic heterocycles. The van der Waals surface area contributed by atoms with Crippen LogP contribution in [0.15, 0.2) is 30.3 Å². The molecule has 0 heterocycles. The number of carbonyl (C=O) groups excluding carboxylic acids is 1. The van der Waals surface area contributed by atoms with E-state index in [9.17, 15) is 4.79 Å². The summed E-state index contributed by atoms with van der Waals surface area (Å²) in [5.74, 6) is 0.366. The zero-order chi connectivity index (χ0) is 10.9. The van der Waals surface area contributed by atoms with Crippen molar-refractivity contribution in [3.63, 3.8) is 0 Å². The van der Waals surface area contributed by atoms with Crippen LogP contribution in [0, 0.1) is 0 Å². The number of ether oxygens (including phenoxy) is 1. The molecule has 1 rings (SSSR count). The first-order chi connectivity index (χ1) is 7.33. The number of esters is 1. The highest BCUT2D eigenvalue weighted by atomic mass is 32.2. The summed E-state index contributed by atoms with van der Waals surface area (Å²) in [5, 5.41) is 0. The van der Waals surface area contributed by atoms with Gasteiger partial charge in [-0.05, 0) is 24.7 Å². The molecule has 0 aliphatic carbocycles. The highest BCUT2D eigenvalue weighted by Crippen LogP contribution is 2.05. The van der Waals surface area contributed by atoms with Gasteiger partial charge in [0.15, 0.2) is 0 Å². The lowest BCUT2D eigenvalue weighted by Gasteiger charge is -2.02. The lowest BCUT2D eigenvalue weighted by atomic mass is 10.1. The van der Waals surface area contributed by atoms with Crippen LogP contribution >= 0.6 is 11.8 Å². The minimum atomic E-state index is -0.0970. The molecule has 0 bridgehead atoms. The van der Waals surface area contributed by atoms with Crippen molar-refractivity contribution in [1.82, 2.24) is 0 Å². The van der Waals surface area contributed by atoms with Crippen molar-refractivity contribution in [2.75, 3.05) is 12.2 Å². The van der Waals surface area contributed by atoms with E-state index in [-0.39, 0.29) is 5.97 Å². The third kappa shape index (κ3) is 5.47. The Kier molecular flexibility index (Phi) is 5.93. The SMILES string of the molecule is CSCOC(=O)CCCc1ccccc1. The van der Waals surface area contributed by atoms with Crippen molar-refractivity contribution in [3.8, 4) is 0 Å². The van der Waals surface area contributed by atoms with Crippen LogP contribution in [0.3, 0.4) is 0 Å². The number of hydrogen-bond acceptors (Lipinski definition) is 3. The predicted octanol–water partition coefficient (Wildman–Crippen LogP) is 2.87. The number of benzene rings is 1. The second kappa shape index (κ2) is 7.35. The van der Waals surface area contributed by atoms with Crippen molar-refractivity contribution < 1.29 is 9.53 Å². The molecule has 0 aliphatic heterocycles. The molecule has 0 N–H and O–H groups in total. The highest BCUT2D eigenvalue weighted by Gasteiger charge is 2.01. The summed E-state index contributed by atoms with van der Waals surface area (Å²) in [5.41, 5.74) is 1.27. The molecule has 0 saturated carbocycles. The Morgan fingerprint density at radius 2 is 2.07 bits per heavy atom.